The first-order valence-corrected chi connectivity index (χ1v) is 5.39. The molecule has 4 heteroatoms. The number of imidazole rings is 1. The Kier molecular flexibility index (Phi) is 2.08. The number of aryl methyl sites for hydroxylation is 1. The lowest BCUT2D eigenvalue weighted by atomic mass is 10.2. The van der Waals surface area contributed by atoms with Crippen LogP contribution < -0.4 is 5.69 Å². The summed E-state index contributed by atoms with van der Waals surface area (Å²) >= 11 is 0. The van der Waals surface area contributed by atoms with Gasteiger partial charge in [0.1, 0.15) is 0 Å². The Labute approximate surface area is 97.6 Å². The minimum Gasteiger partial charge on any atom is -0.304 e. The van der Waals surface area contributed by atoms with Crippen LogP contribution in [0.1, 0.15) is 5.56 Å². The third-order valence-corrected chi connectivity index (χ3v) is 2.80. The fourth-order valence-corrected chi connectivity index (χ4v) is 1.98. The van der Waals surface area contributed by atoms with Crippen molar-refractivity contribution in [3.05, 3.63) is 58.6 Å². The zero-order valence-electron chi connectivity index (χ0n) is 9.34. The van der Waals surface area contributed by atoms with Gasteiger partial charge in [-0.2, -0.15) is 0 Å². The minimum atomic E-state index is -0.159. The number of rotatable bonds is 1. The van der Waals surface area contributed by atoms with Crippen molar-refractivity contribution in [3.8, 4) is 5.69 Å². The first kappa shape index (κ1) is 9.84. The molecule has 4 nitrogen and oxygen atoms in total. The Balaban J connectivity index is 2.42. The second-order valence-electron chi connectivity index (χ2n) is 3.93. The lowest BCUT2D eigenvalue weighted by Crippen LogP contribution is -2.15. The van der Waals surface area contributed by atoms with Gasteiger partial charge < -0.3 is 4.98 Å². The molecule has 3 aromatic rings. The third kappa shape index (κ3) is 1.45. The molecule has 0 bridgehead atoms. The lowest BCUT2D eigenvalue weighted by Gasteiger charge is -2.05. The van der Waals surface area contributed by atoms with Crippen molar-refractivity contribution in [1.29, 1.82) is 0 Å². The normalized spacial score (nSPS) is 10.9. The van der Waals surface area contributed by atoms with Crippen molar-refractivity contribution >= 4 is 11.2 Å². The highest BCUT2D eigenvalue weighted by Gasteiger charge is 2.10. The van der Waals surface area contributed by atoms with Gasteiger partial charge >= 0.3 is 5.69 Å². The van der Waals surface area contributed by atoms with Crippen LogP contribution in [0.4, 0.5) is 0 Å². The Morgan fingerprint density at radius 1 is 1.18 bits per heavy atom. The molecule has 0 spiro atoms. The molecule has 0 aliphatic heterocycles. The number of nitrogens with one attached hydrogen (secondary N) is 1. The van der Waals surface area contributed by atoms with Crippen molar-refractivity contribution in [2.75, 3.05) is 0 Å². The van der Waals surface area contributed by atoms with Crippen LogP contribution in [-0.2, 0) is 0 Å². The maximum atomic E-state index is 12.0. The molecule has 0 amide bonds. The fraction of sp³-hybridized carbons (Fsp3) is 0.0769. The van der Waals surface area contributed by atoms with E-state index in [-0.39, 0.29) is 5.69 Å². The van der Waals surface area contributed by atoms with Crippen molar-refractivity contribution in [2.24, 2.45) is 0 Å². The molecule has 3 rings (SSSR count). The fourth-order valence-electron chi connectivity index (χ4n) is 1.98. The van der Waals surface area contributed by atoms with Gasteiger partial charge in [0, 0.05) is 6.20 Å². The van der Waals surface area contributed by atoms with Gasteiger partial charge in [-0.15, -0.1) is 0 Å². The highest BCUT2D eigenvalue weighted by atomic mass is 16.1. The topological polar surface area (TPSA) is 50.7 Å². The number of aromatic amines is 1. The highest BCUT2D eigenvalue weighted by Crippen LogP contribution is 2.15. The van der Waals surface area contributed by atoms with Crippen LogP contribution in [0, 0.1) is 6.92 Å². The van der Waals surface area contributed by atoms with Gasteiger partial charge in [-0.3, -0.25) is 0 Å². The molecule has 1 aromatic carbocycles. The number of pyridine rings is 1. The van der Waals surface area contributed by atoms with Crippen molar-refractivity contribution < 1.29 is 0 Å². The molecule has 0 radical (unpaired) electrons. The number of hydrogen-bond donors (Lipinski definition) is 1. The van der Waals surface area contributed by atoms with Crippen LogP contribution in [0.25, 0.3) is 16.9 Å². The van der Waals surface area contributed by atoms with Gasteiger partial charge in [0.05, 0.1) is 11.2 Å². The summed E-state index contributed by atoms with van der Waals surface area (Å²) in [6, 6.07) is 11.4. The molecule has 1 N–H and O–H groups in total. The Hall–Kier alpha value is -2.36. The predicted octanol–water partition coefficient (Wildman–Crippen LogP) is 2.02. The number of benzene rings is 1. The molecule has 0 unspecified atom stereocenters. The highest BCUT2D eigenvalue weighted by molar-refractivity contribution is 5.72. The number of nitrogens with zero attached hydrogens (tertiary/aromatic N) is 2. The van der Waals surface area contributed by atoms with E-state index in [9.17, 15) is 4.79 Å². The summed E-state index contributed by atoms with van der Waals surface area (Å²) in [4.78, 5) is 19.0. The number of aromatic nitrogens is 3. The van der Waals surface area contributed by atoms with E-state index in [1.54, 1.807) is 16.8 Å². The van der Waals surface area contributed by atoms with Gasteiger partial charge in [-0.1, -0.05) is 18.2 Å². The first-order valence-electron chi connectivity index (χ1n) is 5.39. The molecule has 0 fully saturated rings. The summed E-state index contributed by atoms with van der Waals surface area (Å²) in [5.41, 5.74) is 3.16. The molecular formula is C13H11N3O. The van der Waals surface area contributed by atoms with Gasteiger partial charge in [-0.05, 0) is 30.7 Å². The monoisotopic (exact) mass is 225 g/mol. The van der Waals surface area contributed by atoms with Crippen LogP contribution in [0.2, 0.25) is 0 Å². The second-order valence-corrected chi connectivity index (χ2v) is 3.93. The van der Waals surface area contributed by atoms with Crippen molar-refractivity contribution in [1.82, 2.24) is 14.5 Å². The van der Waals surface area contributed by atoms with E-state index in [4.69, 9.17) is 0 Å². The number of fused-ring (bicyclic) bond motifs is 1. The van der Waals surface area contributed by atoms with E-state index in [0.29, 0.717) is 5.65 Å². The summed E-state index contributed by atoms with van der Waals surface area (Å²) < 4.78 is 1.60. The Bertz CT molecular complexity index is 740. The molecule has 0 saturated heterocycles. The van der Waals surface area contributed by atoms with Gasteiger partial charge in [-0.25, -0.2) is 14.3 Å². The summed E-state index contributed by atoms with van der Waals surface area (Å²) in [7, 11) is 0. The van der Waals surface area contributed by atoms with Gasteiger partial charge in [0.15, 0.2) is 5.65 Å². The summed E-state index contributed by atoms with van der Waals surface area (Å²) in [6.45, 7) is 1.98. The van der Waals surface area contributed by atoms with Crippen LogP contribution in [0.15, 0.2) is 47.4 Å². The van der Waals surface area contributed by atoms with Crippen LogP contribution in [0.3, 0.4) is 0 Å². The van der Waals surface area contributed by atoms with E-state index >= 15 is 0 Å². The quantitative estimate of drug-likeness (QED) is 0.688. The maximum Gasteiger partial charge on any atom is 0.332 e. The minimum absolute atomic E-state index is 0.159. The largest absolute Gasteiger partial charge is 0.332 e. The SMILES string of the molecule is Cc1ccccc1-n1c(=O)[nH]c2cccnc21. The average Bonchev–Trinajstić information content (AvgIpc) is 2.66. The Morgan fingerprint density at radius 3 is 2.82 bits per heavy atom. The molecular weight excluding hydrogens is 214 g/mol. The van der Waals surface area contributed by atoms with E-state index in [0.717, 1.165) is 16.8 Å². The van der Waals surface area contributed by atoms with E-state index in [2.05, 4.69) is 9.97 Å². The maximum absolute atomic E-state index is 12.0. The molecule has 0 aliphatic rings. The molecule has 0 aliphatic carbocycles. The predicted molar refractivity (Wildman–Crippen MR) is 66.4 cm³/mol. The molecule has 2 heterocycles. The lowest BCUT2D eigenvalue weighted by molar-refractivity contribution is 0.988. The second kappa shape index (κ2) is 3.59. The first-order chi connectivity index (χ1) is 8.27. The third-order valence-electron chi connectivity index (χ3n) is 2.80. The Morgan fingerprint density at radius 2 is 2.00 bits per heavy atom. The molecule has 0 atom stereocenters. The summed E-state index contributed by atoms with van der Waals surface area (Å²) in [5, 5.41) is 0. The van der Waals surface area contributed by atoms with Crippen LogP contribution in [0.5, 0.6) is 0 Å². The van der Waals surface area contributed by atoms with E-state index in [1.807, 2.05) is 37.3 Å². The summed E-state index contributed by atoms with van der Waals surface area (Å²) in [6.07, 6.45) is 1.68. The van der Waals surface area contributed by atoms with Gasteiger partial charge in [0.25, 0.3) is 0 Å². The van der Waals surface area contributed by atoms with E-state index < -0.39 is 0 Å². The number of para-hydroxylation sites is 1. The van der Waals surface area contributed by atoms with Crippen molar-refractivity contribution in [2.45, 2.75) is 6.92 Å². The molecule has 17 heavy (non-hydrogen) atoms. The number of hydrogen-bond acceptors (Lipinski definition) is 2. The van der Waals surface area contributed by atoms with Gasteiger partial charge in [0.2, 0.25) is 0 Å². The summed E-state index contributed by atoms with van der Waals surface area (Å²) in [5.74, 6) is 0. The van der Waals surface area contributed by atoms with Crippen LogP contribution >= 0.6 is 0 Å². The molecule has 84 valence electrons. The zero-order valence-corrected chi connectivity index (χ0v) is 9.34. The van der Waals surface area contributed by atoms with Crippen LogP contribution in [-0.4, -0.2) is 14.5 Å². The molecule has 0 saturated carbocycles. The number of H-pyrrole nitrogens is 1. The average molecular weight is 225 g/mol. The van der Waals surface area contributed by atoms with E-state index in [1.165, 1.54) is 0 Å². The molecule has 2 aromatic heterocycles. The standard InChI is InChI=1S/C13H11N3O/c1-9-5-2-3-7-11(9)16-12-10(15-13(16)17)6-4-8-14-12/h2-8H,1H3,(H,15,17). The van der Waals surface area contributed by atoms with Crippen molar-refractivity contribution in [3.63, 3.8) is 0 Å². The smallest absolute Gasteiger partial charge is 0.304 e. The zero-order chi connectivity index (χ0) is 11.8.